The number of carbonyl (C=O) groups excluding carboxylic acids is 1. The van der Waals surface area contributed by atoms with Crippen LogP contribution in [0.4, 0.5) is 0 Å². The Morgan fingerprint density at radius 1 is 1.22 bits per heavy atom. The molecule has 1 heterocycles. The van der Waals surface area contributed by atoms with Crippen LogP contribution in [0.5, 0.6) is 0 Å². The zero-order valence-corrected chi connectivity index (χ0v) is 16.8. The molecule has 1 aliphatic carbocycles. The molecule has 2 aliphatic rings. The van der Waals surface area contributed by atoms with E-state index in [0.717, 1.165) is 51.6 Å². The molecule has 6 heteroatoms. The Bertz CT molecular complexity index is 428. The summed E-state index contributed by atoms with van der Waals surface area (Å²) < 4.78 is 0. The minimum atomic E-state index is 0. The second-order valence-electron chi connectivity index (χ2n) is 6.09. The van der Waals surface area contributed by atoms with Crippen molar-refractivity contribution in [1.82, 2.24) is 15.1 Å². The minimum Gasteiger partial charge on any atom is -0.357 e. The Morgan fingerprint density at radius 3 is 2.48 bits per heavy atom. The lowest BCUT2D eigenvalue weighted by molar-refractivity contribution is -0.130. The Kier molecular flexibility index (Phi) is 9.59. The molecule has 0 radical (unpaired) electrons. The molecule has 0 aromatic heterocycles. The van der Waals surface area contributed by atoms with Crippen molar-refractivity contribution in [2.75, 3.05) is 39.3 Å². The average Bonchev–Trinajstić information content (AvgIpc) is 2.55. The minimum absolute atomic E-state index is 0. The monoisotopic (exact) mass is 434 g/mol. The van der Waals surface area contributed by atoms with E-state index in [4.69, 9.17) is 4.99 Å². The normalized spacial score (nSPS) is 19.0. The molecule has 0 atom stereocenters. The fourth-order valence-corrected chi connectivity index (χ4v) is 3.10. The van der Waals surface area contributed by atoms with Crippen molar-refractivity contribution in [2.45, 2.75) is 46.0 Å². The number of nitrogens with one attached hydrogen (secondary N) is 1. The van der Waals surface area contributed by atoms with Crippen LogP contribution in [0, 0.1) is 0 Å². The molecule has 1 amide bonds. The number of allylic oxidation sites excluding steroid dienone is 1. The molecule has 0 aromatic rings. The first-order valence-electron chi connectivity index (χ1n) is 8.67. The zero-order chi connectivity index (χ0) is 15.8. The van der Waals surface area contributed by atoms with Crippen molar-refractivity contribution < 1.29 is 4.79 Å². The van der Waals surface area contributed by atoms with Crippen molar-refractivity contribution in [3.63, 3.8) is 0 Å². The van der Waals surface area contributed by atoms with Gasteiger partial charge in [-0.05, 0) is 39.0 Å². The quantitative estimate of drug-likeness (QED) is 0.320. The van der Waals surface area contributed by atoms with E-state index >= 15 is 0 Å². The third kappa shape index (κ3) is 6.69. The van der Waals surface area contributed by atoms with E-state index in [1.54, 1.807) is 12.5 Å². The van der Waals surface area contributed by atoms with Gasteiger partial charge in [0.25, 0.3) is 0 Å². The van der Waals surface area contributed by atoms with Crippen LogP contribution < -0.4 is 5.32 Å². The average molecular weight is 434 g/mol. The molecule has 0 unspecified atom stereocenters. The molecule has 0 bridgehead atoms. The van der Waals surface area contributed by atoms with Gasteiger partial charge in [0.05, 0.1) is 0 Å². The van der Waals surface area contributed by atoms with Crippen LogP contribution in [0.3, 0.4) is 0 Å². The summed E-state index contributed by atoms with van der Waals surface area (Å²) in [5, 5.41) is 3.39. The second-order valence-corrected chi connectivity index (χ2v) is 6.09. The number of halogens is 1. The number of piperazine rings is 1. The number of nitrogens with zero attached hydrogens (tertiary/aromatic N) is 3. The highest BCUT2D eigenvalue weighted by Crippen LogP contribution is 2.19. The molecule has 1 saturated heterocycles. The Morgan fingerprint density at radius 2 is 1.91 bits per heavy atom. The fourth-order valence-electron chi connectivity index (χ4n) is 3.10. The molecule has 1 aliphatic heterocycles. The van der Waals surface area contributed by atoms with Gasteiger partial charge in [0.2, 0.25) is 5.91 Å². The maximum atomic E-state index is 11.4. The summed E-state index contributed by atoms with van der Waals surface area (Å²) in [6, 6.07) is 0. The zero-order valence-electron chi connectivity index (χ0n) is 14.5. The van der Waals surface area contributed by atoms with Crippen LogP contribution >= 0.6 is 24.0 Å². The van der Waals surface area contributed by atoms with Crippen molar-refractivity contribution >= 4 is 35.8 Å². The summed E-state index contributed by atoms with van der Waals surface area (Å²) >= 11 is 0. The molecular formula is C17H31IN4O. The van der Waals surface area contributed by atoms with Crippen LogP contribution in [-0.4, -0.2) is 60.9 Å². The maximum Gasteiger partial charge on any atom is 0.219 e. The van der Waals surface area contributed by atoms with Crippen LogP contribution in [0.2, 0.25) is 0 Å². The molecule has 5 nitrogen and oxygen atoms in total. The topological polar surface area (TPSA) is 47.9 Å². The first-order valence-corrected chi connectivity index (χ1v) is 8.67. The number of amides is 1. The lowest BCUT2D eigenvalue weighted by atomic mass is 9.97. The molecule has 0 saturated carbocycles. The highest BCUT2D eigenvalue weighted by molar-refractivity contribution is 14.0. The first-order chi connectivity index (χ1) is 10.7. The Balaban J connectivity index is 0.00000264. The lowest BCUT2D eigenvalue weighted by Gasteiger charge is -2.36. The maximum absolute atomic E-state index is 11.4. The number of hydrogen-bond donors (Lipinski definition) is 1. The number of guanidine groups is 1. The van der Waals surface area contributed by atoms with Gasteiger partial charge in [0.1, 0.15) is 0 Å². The lowest BCUT2D eigenvalue weighted by Crippen LogP contribution is -2.53. The van der Waals surface area contributed by atoms with E-state index in [9.17, 15) is 4.79 Å². The van der Waals surface area contributed by atoms with Gasteiger partial charge in [-0.25, -0.2) is 0 Å². The summed E-state index contributed by atoms with van der Waals surface area (Å²) in [6.07, 6.45) is 8.66. The Hall–Kier alpha value is -0.790. The number of aliphatic imine (C=N–C) groups is 1. The van der Waals surface area contributed by atoms with E-state index in [1.165, 1.54) is 25.7 Å². The SMILES string of the molecule is CCNC(=NCCC1=CCCCC1)N1CCN(C(C)=O)CC1.I. The molecule has 1 fully saturated rings. The molecule has 0 spiro atoms. The van der Waals surface area contributed by atoms with E-state index in [0.29, 0.717) is 0 Å². The molecule has 1 N–H and O–H groups in total. The van der Waals surface area contributed by atoms with Gasteiger partial charge in [0.15, 0.2) is 5.96 Å². The summed E-state index contributed by atoms with van der Waals surface area (Å²) in [5.74, 6) is 1.17. The second kappa shape index (κ2) is 10.9. The van der Waals surface area contributed by atoms with Crippen LogP contribution in [0.25, 0.3) is 0 Å². The molecule has 0 aromatic carbocycles. The van der Waals surface area contributed by atoms with Gasteiger partial charge in [-0.15, -0.1) is 24.0 Å². The summed E-state index contributed by atoms with van der Waals surface area (Å²) in [7, 11) is 0. The van der Waals surface area contributed by atoms with Gasteiger partial charge >= 0.3 is 0 Å². The van der Waals surface area contributed by atoms with Gasteiger partial charge in [0, 0.05) is 46.2 Å². The molecule has 132 valence electrons. The van der Waals surface area contributed by atoms with E-state index in [2.05, 4.69) is 23.2 Å². The van der Waals surface area contributed by atoms with E-state index in [-0.39, 0.29) is 29.9 Å². The van der Waals surface area contributed by atoms with Crippen molar-refractivity contribution in [2.24, 2.45) is 4.99 Å². The molecule has 23 heavy (non-hydrogen) atoms. The number of hydrogen-bond acceptors (Lipinski definition) is 2. The predicted molar refractivity (Wildman–Crippen MR) is 106 cm³/mol. The third-order valence-electron chi connectivity index (χ3n) is 4.44. The highest BCUT2D eigenvalue weighted by atomic mass is 127. The number of carbonyl (C=O) groups is 1. The van der Waals surface area contributed by atoms with Crippen molar-refractivity contribution in [1.29, 1.82) is 0 Å². The molecular weight excluding hydrogens is 403 g/mol. The van der Waals surface area contributed by atoms with Gasteiger partial charge < -0.3 is 15.1 Å². The van der Waals surface area contributed by atoms with E-state index < -0.39 is 0 Å². The summed E-state index contributed by atoms with van der Waals surface area (Å²) in [6.45, 7) is 8.82. The fraction of sp³-hybridized carbons (Fsp3) is 0.765. The van der Waals surface area contributed by atoms with Crippen LogP contribution in [0.15, 0.2) is 16.6 Å². The Labute approximate surface area is 157 Å². The third-order valence-corrected chi connectivity index (χ3v) is 4.44. The predicted octanol–water partition coefficient (Wildman–Crippen LogP) is 2.62. The molecule has 2 rings (SSSR count). The largest absolute Gasteiger partial charge is 0.357 e. The summed E-state index contributed by atoms with van der Waals surface area (Å²) in [5.41, 5.74) is 1.58. The van der Waals surface area contributed by atoms with Crippen LogP contribution in [-0.2, 0) is 4.79 Å². The summed E-state index contributed by atoms with van der Waals surface area (Å²) in [4.78, 5) is 20.4. The standard InChI is InChI=1S/C17H30N4O.HI/c1-3-18-17(19-10-9-16-7-5-4-6-8-16)21-13-11-20(12-14-21)15(2)22;/h7H,3-6,8-14H2,1-2H3,(H,18,19);1H. The number of rotatable bonds is 4. The van der Waals surface area contributed by atoms with Gasteiger partial charge in [-0.1, -0.05) is 11.6 Å². The van der Waals surface area contributed by atoms with Crippen molar-refractivity contribution in [3.8, 4) is 0 Å². The van der Waals surface area contributed by atoms with Crippen molar-refractivity contribution in [3.05, 3.63) is 11.6 Å². The van der Waals surface area contributed by atoms with E-state index in [1.807, 2.05) is 4.90 Å². The van der Waals surface area contributed by atoms with Gasteiger partial charge in [-0.2, -0.15) is 0 Å². The highest BCUT2D eigenvalue weighted by Gasteiger charge is 2.20. The van der Waals surface area contributed by atoms with Gasteiger partial charge in [-0.3, -0.25) is 9.79 Å². The smallest absolute Gasteiger partial charge is 0.219 e. The first kappa shape index (κ1) is 20.3. The van der Waals surface area contributed by atoms with Crippen LogP contribution in [0.1, 0.15) is 46.0 Å².